The summed E-state index contributed by atoms with van der Waals surface area (Å²) < 4.78 is 0. The molecule has 2 amide bonds. The number of non-ortho nitro benzene ring substituents is 1. The summed E-state index contributed by atoms with van der Waals surface area (Å²) in [5.41, 5.74) is 0.407. The van der Waals surface area contributed by atoms with Crippen LogP contribution in [0.2, 0.25) is 0 Å². The first-order valence-corrected chi connectivity index (χ1v) is 8.41. The molecule has 0 aliphatic carbocycles. The number of aliphatic imine (C=N–C) groups is 1. The van der Waals surface area contributed by atoms with E-state index in [1.807, 2.05) is 13.8 Å². The Morgan fingerprint density at radius 3 is 2.58 bits per heavy atom. The molecule has 0 spiro atoms. The van der Waals surface area contributed by atoms with E-state index in [0.717, 1.165) is 0 Å². The highest BCUT2D eigenvalue weighted by molar-refractivity contribution is 8.15. The third-order valence-corrected chi connectivity index (χ3v) is 4.58. The number of rotatable bonds is 6. The summed E-state index contributed by atoms with van der Waals surface area (Å²) in [5, 5.41) is 13.4. The zero-order chi connectivity index (χ0) is 17.7. The van der Waals surface area contributed by atoms with E-state index in [2.05, 4.69) is 10.3 Å². The van der Waals surface area contributed by atoms with Crippen molar-refractivity contribution >= 4 is 40.1 Å². The second-order valence-electron chi connectivity index (χ2n) is 5.00. The number of carbonyl (C=O) groups excluding carboxylic acids is 2. The maximum Gasteiger partial charge on any atom is 0.269 e. The van der Waals surface area contributed by atoms with Gasteiger partial charge < -0.3 is 5.32 Å². The lowest BCUT2D eigenvalue weighted by atomic mass is 10.2. The van der Waals surface area contributed by atoms with E-state index < -0.39 is 10.2 Å². The van der Waals surface area contributed by atoms with Gasteiger partial charge in [-0.25, -0.2) is 0 Å². The Morgan fingerprint density at radius 1 is 1.38 bits per heavy atom. The molecule has 1 aliphatic heterocycles. The number of amides is 2. The quantitative estimate of drug-likeness (QED) is 0.626. The Bertz CT molecular complexity index is 675. The highest BCUT2D eigenvalue weighted by Crippen LogP contribution is 2.29. The van der Waals surface area contributed by atoms with Crippen LogP contribution in [0.5, 0.6) is 0 Å². The van der Waals surface area contributed by atoms with Crippen LogP contribution < -0.4 is 5.32 Å². The number of amidine groups is 1. The third kappa shape index (κ3) is 4.10. The Kier molecular flexibility index (Phi) is 5.91. The Labute approximate surface area is 143 Å². The van der Waals surface area contributed by atoms with E-state index in [0.29, 0.717) is 23.9 Å². The summed E-state index contributed by atoms with van der Waals surface area (Å²) in [6.45, 7) is 4.85. The van der Waals surface area contributed by atoms with E-state index in [1.54, 1.807) is 4.90 Å². The van der Waals surface area contributed by atoms with Crippen LogP contribution in [0.4, 0.5) is 11.4 Å². The van der Waals surface area contributed by atoms with Crippen molar-refractivity contribution in [1.29, 1.82) is 0 Å². The molecule has 1 aromatic carbocycles. The van der Waals surface area contributed by atoms with Crippen LogP contribution in [0.25, 0.3) is 0 Å². The molecule has 8 nitrogen and oxygen atoms in total. The zero-order valence-corrected chi connectivity index (χ0v) is 14.2. The molecule has 128 valence electrons. The van der Waals surface area contributed by atoms with Gasteiger partial charge in [0.1, 0.15) is 5.25 Å². The molecule has 1 atom stereocenters. The molecule has 0 radical (unpaired) electrons. The highest BCUT2D eigenvalue weighted by atomic mass is 32.2. The number of anilines is 1. The van der Waals surface area contributed by atoms with Crippen molar-refractivity contribution < 1.29 is 14.5 Å². The normalized spacial score (nSPS) is 18.9. The van der Waals surface area contributed by atoms with E-state index in [9.17, 15) is 19.7 Å². The lowest BCUT2D eigenvalue weighted by Gasteiger charge is -2.13. The number of hydrogen-bond donors (Lipinski definition) is 1. The van der Waals surface area contributed by atoms with E-state index in [1.165, 1.54) is 36.0 Å². The maximum atomic E-state index is 12.3. The van der Waals surface area contributed by atoms with Crippen molar-refractivity contribution in [2.75, 3.05) is 18.4 Å². The molecule has 0 saturated carbocycles. The van der Waals surface area contributed by atoms with Gasteiger partial charge in [-0.3, -0.25) is 29.6 Å². The third-order valence-electron chi connectivity index (χ3n) is 3.36. The smallest absolute Gasteiger partial charge is 0.269 e. The van der Waals surface area contributed by atoms with Crippen LogP contribution in [0, 0.1) is 10.1 Å². The number of nitro groups is 1. The Balaban J connectivity index is 1.98. The maximum absolute atomic E-state index is 12.3. The van der Waals surface area contributed by atoms with Crippen LogP contribution in [-0.4, -0.2) is 45.1 Å². The van der Waals surface area contributed by atoms with Crippen molar-refractivity contribution in [2.45, 2.75) is 25.5 Å². The molecular formula is C15H18N4O4S. The first-order chi connectivity index (χ1) is 11.5. The van der Waals surface area contributed by atoms with Crippen LogP contribution >= 0.6 is 11.8 Å². The fourth-order valence-electron chi connectivity index (χ4n) is 2.23. The van der Waals surface area contributed by atoms with Crippen LogP contribution in [0.15, 0.2) is 29.3 Å². The molecule has 1 N–H and O–H groups in total. The minimum absolute atomic E-state index is 0.0275. The lowest BCUT2D eigenvalue weighted by Crippen LogP contribution is -2.33. The monoisotopic (exact) mass is 350 g/mol. The van der Waals surface area contributed by atoms with Gasteiger partial charge in [0.25, 0.3) is 5.69 Å². The standard InChI is InChI=1S/C15H18N4O4S/c1-3-16-15-18(4-2)14(21)12(24-15)9-13(20)17-10-5-7-11(8-6-10)19(22)23/h5-8,12H,3-4,9H2,1-2H3,(H,17,20)/t12-/m0/s1. The first kappa shape index (κ1) is 17.9. The first-order valence-electron chi connectivity index (χ1n) is 7.53. The number of nitro benzene ring substituents is 1. The summed E-state index contributed by atoms with van der Waals surface area (Å²) in [5.74, 6) is -0.433. The molecule has 1 heterocycles. The molecule has 9 heteroatoms. The number of thioether (sulfide) groups is 1. The van der Waals surface area contributed by atoms with Gasteiger partial charge in [-0.05, 0) is 26.0 Å². The topological polar surface area (TPSA) is 105 Å². The molecule has 2 rings (SSSR count). The number of benzene rings is 1. The van der Waals surface area contributed by atoms with Gasteiger partial charge in [0.15, 0.2) is 5.17 Å². The van der Waals surface area contributed by atoms with Gasteiger partial charge in [-0.1, -0.05) is 11.8 Å². The zero-order valence-electron chi connectivity index (χ0n) is 13.4. The molecule has 1 fully saturated rings. The SMILES string of the molecule is CCN=C1S[C@@H](CC(=O)Nc2ccc([N+](=O)[O-])cc2)C(=O)N1CC. The summed E-state index contributed by atoms with van der Waals surface area (Å²) >= 11 is 1.30. The number of nitrogens with one attached hydrogen (secondary N) is 1. The van der Waals surface area contributed by atoms with Crippen molar-refractivity contribution in [3.8, 4) is 0 Å². The van der Waals surface area contributed by atoms with E-state index in [4.69, 9.17) is 0 Å². The predicted molar refractivity (Wildman–Crippen MR) is 93.1 cm³/mol. The summed E-state index contributed by atoms with van der Waals surface area (Å²) in [7, 11) is 0. The highest BCUT2D eigenvalue weighted by Gasteiger charge is 2.38. The van der Waals surface area contributed by atoms with Gasteiger partial charge in [0.05, 0.1) is 4.92 Å². The van der Waals surface area contributed by atoms with Crippen molar-refractivity contribution in [3.05, 3.63) is 34.4 Å². The summed E-state index contributed by atoms with van der Waals surface area (Å²) in [4.78, 5) is 40.4. The minimum atomic E-state index is -0.507. The second-order valence-corrected chi connectivity index (χ2v) is 6.17. The average molecular weight is 350 g/mol. The van der Waals surface area contributed by atoms with Gasteiger partial charge in [-0.15, -0.1) is 0 Å². The van der Waals surface area contributed by atoms with Gasteiger partial charge in [-0.2, -0.15) is 0 Å². The molecule has 24 heavy (non-hydrogen) atoms. The van der Waals surface area contributed by atoms with Crippen LogP contribution in [0.1, 0.15) is 20.3 Å². The largest absolute Gasteiger partial charge is 0.326 e. The number of hydrogen-bond acceptors (Lipinski definition) is 6. The summed E-state index contributed by atoms with van der Waals surface area (Å²) in [6.07, 6.45) is 0.0275. The molecular weight excluding hydrogens is 332 g/mol. The molecule has 0 aromatic heterocycles. The fraction of sp³-hybridized carbons (Fsp3) is 0.400. The summed E-state index contributed by atoms with van der Waals surface area (Å²) in [6, 6.07) is 5.55. The van der Waals surface area contributed by atoms with E-state index >= 15 is 0 Å². The molecule has 1 aromatic rings. The average Bonchev–Trinajstić information content (AvgIpc) is 2.83. The van der Waals surface area contributed by atoms with Gasteiger partial charge in [0.2, 0.25) is 11.8 Å². The Morgan fingerprint density at radius 2 is 2.04 bits per heavy atom. The molecule has 0 bridgehead atoms. The number of nitrogens with zero attached hydrogens (tertiary/aromatic N) is 3. The Hall–Kier alpha value is -2.42. The van der Waals surface area contributed by atoms with Gasteiger partial charge in [0, 0.05) is 37.3 Å². The lowest BCUT2D eigenvalue weighted by molar-refractivity contribution is -0.384. The fourth-order valence-corrected chi connectivity index (χ4v) is 3.50. The van der Waals surface area contributed by atoms with Crippen molar-refractivity contribution in [3.63, 3.8) is 0 Å². The van der Waals surface area contributed by atoms with Crippen LogP contribution in [-0.2, 0) is 9.59 Å². The van der Waals surface area contributed by atoms with Crippen LogP contribution in [0.3, 0.4) is 0 Å². The van der Waals surface area contributed by atoms with Gasteiger partial charge >= 0.3 is 0 Å². The number of carbonyl (C=O) groups is 2. The van der Waals surface area contributed by atoms with Crippen molar-refractivity contribution in [2.24, 2.45) is 4.99 Å². The minimum Gasteiger partial charge on any atom is -0.326 e. The second kappa shape index (κ2) is 7.91. The molecule has 1 saturated heterocycles. The van der Waals surface area contributed by atoms with E-state index in [-0.39, 0.29) is 23.9 Å². The molecule has 0 unspecified atom stereocenters. The van der Waals surface area contributed by atoms with Crippen molar-refractivity contribution in [1.82, 2.24) is 4.90 Å². The predicted octanol–water partition coefficient (Wildman–Crippen LogP) is 2.26. The molecule has 1 aliphatic rings.